The largest absolute Gasteiger partial charge is 0.373 e. The van der Waals surface area contributed by atoms with Crippen LogP contribution in [0.4, 0.5) is 5.95 Å². The van der Waals surface area contributed by atoms with Crippen LogP contribution in [-0.4, -0.2) is 27.8 Å². The molecule has 2 aliphatic rings. The molecule has 4 rings (SSSR count). The van der Waals surface area contributed by atoms with Crippen molar-refractivity contribution in [3.63, 3.8) is 0 Å². The molecule has 3 atom stereocenters. The van der Waals surface area contributed by atoms with E-state index in [1.165, 1.54) is 18.4 Å². The smallest absolute Gasteiger partial charge is 0.203 e. The number of nitrogens with zero attached hydrogens (tertiary/aromatic N) is 2. The Kier molecular flexibility index (Phi) is 2.14. The lowest BCUT2D eigenvalue weighted by molar-refractivity contribution is 0.102. The maximum atomic E-state index is 5.87. The Bertz CT molecular complexity index is 592. The van der Waals surface area contributed by atoms with Gasteiger partial charge in [0, 0.05) is 7.05 Å². The molecule has 2 fully saturated rings. The van der Waals surface area contributed by atoms with Crippen molar-refractivity contribution < 1.29 is 4.74 Å². The van der Waals surface area contributed by atoms with E-state index in [9.17, 15) is 0 Å². The fraction of sp³-hybridized carbons (Fsp3) is 0.500. The van der Waals surface area contributed by atoms with E-state index in [4.69, 9.17) is 4.74 Å². The highest BCUT2D eigenvalue weighted by molar-refractivity contribution is 5.78. The molecule has 2 saturated heterocycles. The summed E-state index contributed by atoms with van der Waals surface area (Å²) in [5.74, 6) is 0.956. The molecule has 0 amide bonds. The van der Waals surface area contributed by atoms with Crippen LogP contribution in [0.3, 0.4) is 0 Å². The molecule has 94 valence electrons. The third-order valence-electron chi connectivity index (χ3n) is 4.21. The Labute approximate surface area is 106 Å². The lowest BCUT2D eigenvalue weighted by Crippen LogP contribution is -2.31. The first-order chi connectivity index (χ1) is 8.81. The second-order valence-corrected chi connectivity index (χ2v) is 5.34. The number of imidazole rings is 1. The predicted octanol–water partition coefficient (Wildman–Crippen LogP) is 2.31. The second kappa shape index (κ2) is 3.72. The minimum Gasteiger partial charge on any atom is -0.373 e. The van der Waals surface area contributed by atoms with Gasteiger partial charge in [0.05, 0.1) is 29.3 Å². The number of fused-ring (bicyclic) bond motifs is 3. The van der Waals surface area contributed by atoms with Gasteiger partial charge in [0.25, 0.3) is 0 Å². The number of aryl methyl sites for hydroxylation is 1. The van der Waals surface area contributed by atoms with E-state index < -0.39 is 0 Å². The predicted molar refractivity (Wildman–Crippen MR) is 70.6 cm³/mol. The number of anilines is 1. The Morgan fingerprint density at radius 2 is 2.22 bits per heavy atom. The summed E-state index contributed by atoms with van der Waals surface area (Å²) in [6.45, 7) is 0. The zero-order valence-corrected chi connectivity index (χ0v) is 10.5. The lowest BCUT2D eigenvalue weighted by atomic mass is 9.96. The van der Waals surface area contributed by atoms with Crippen molar-refractivity contribution in [3.8, 4) is 0 Å². The Morgan fingerprint density at radius 1 is 1.33 bits per heavy atom. The number of rotatable bonds is 2. The van der Waals surface area contributed by atoms with Crippen molar-refractivity contribution >= 4 is 17.0 Å². The van der Waals surface area contributed by atoms with Crippen LogP contribution in [-0.2, 0) is 11.8 Å². The van der Waals surface area contributed by atoms with E-state index >= 15 is 0 Å². The molecule has 4 nitrogen and oxygen atoms in total. The molecule has 3 unspecified atom stereocenters. The van der Waals surface area contributed by atoms with Crippen molar-refractivity contribution in [3.05, 3.63) is 24.3 Å². The van der Waals surface area contributed by atoms with Gasteiger partial charge in [-0.25, -0.2) is 4.98 Å². The molecule has 1 N–H and O–H groups in total. The van der Waals surface area contributed by atoms with Gasteiger partial charge in [0.2, 0.25) is 5.95 Å². The van der Waals surface area contributed by atoms with Crippen LogP contribution in [0.25, 0.3) is 11.0 Å². The molecule has 0 spiro atoms. The topological polar surface area (TPSA) is 39.1 Å². The molecule has 2 bridgehead atoms. The molecule has 0 saturated carbocycles. The number of hydrogen-bond acceptors (Lipinski definition) is 3. The van der Waals surface area contributed by atoms with Crippen LogP contribution in [0.15, 0.2) is 24.3 Å². The first kappa shape index (κ1) is 10.4. The molecule has 1 aromatic heterocycles. The maximum absolute atomic E-state index is 5.87. The Morgan fingerprint density at radius 3 is 2.94 bits per heavy atom. The SMILES string of the molecule is Cn1c(NC2CC3CCC2O3)nc2ccccc21. The molecule has 18 heavy (non-hydrogen) atoms. The van der Waals surface area contributed by atoms with E-state index in [0.717, 1.165) is 17.9 Å². The standard InChI is InChI=1S/C14H17N3O/c1-17-12-5-3-2-4-10(12)15-14(17)16-11-8-9-6-7-13(11)18-9/h2-5,9,11,13H,6-8H2,1H3,(H,15,16). The Hall–Kier alpha value is -1.55. The van der Waals surface area contributed by atoms with E-state index in [1.807, 2.05) is 6.07 Å². The first-order valence-electron chi connectivity index (χ1n) is 6.65. The molecule has 0 radical (unpaired) electrons. The minimum atomic E-state index is 0.384. The summed E-state index contributed by atoms with van der Waals surface area (Å²) < 4.78 is 8.00. The van der Waals surface area contributed by atoms with Gasteiger partial charge < -0.3 is 14.6 Å². The molecule has 2 aliphatic heterocycles. The molecule has 0 aliphatic carbocycles. The number of nitrogens with one attached hydrogen (secondary N) is 1. The third kappa shape index (κ3) is 1.45. The van der Waals surface area contributed by atoms with Crippen LogP contribution in [0.2, 0.25) is 0 Å². The molecular formula is C14H17N3O. The van der Waals surface area contributed by atoms with Crippen molar-refractivity contribution in [1.29, 1.82) is 0 Å². The van der Waals surface area contributed by atoms with Gasteiger partial charge in [-0.2, -0.15) is 0 Å². The summed E-state index contributed by atoms with van der Waals surface area (Å²) in [6.07, 6.45) is 4.39. The maximum Gasteiger partial charge on any atom is 0.203 e. The molecule has 4 heteroatoms. The van der Waals surface area contributed by atoms with Crippen molar-refractivity contribution in [2.75, 3.05) is 5.32 Å². The first-order valence-corrected chi connectivity index (χ1v) is 6.65. The van der Waals surface area contributed by atoms with Gasteiger partial charge in [0.1, 0.15) is 0 Å². The fourth-order valence-electron chi connectivity index (χ4n) is 3.23. The van der Waals surface area contributed by atoms with Crippen molar-refractivity contribution in [2.45, 2.75) is 37.5 Å². The Balaban J connectivity index is 1.65. The number of benzene rings is 1. The van der Waals surface area contributed by atoms with Crippen molar-refractivity contribution in [2.24, 2.45) is 7.05 Å². The third-order valence-corrected chi connectivity index (χ3v) is 4.21. The van der Waals surface area contributed by atoms with E-state index in [0.29, 0.717) is 18.2 Å². The number of aromatic nitrogens is 2. The van der Waals surface area contributed by atoms with E-state index in [1.54, 1.807) is 0 Å². The summed E-state index contributed by atoms with van der Waals surface area (Å²) in [5.41, 5.74) is 2.22. The van der Waals surface area contributed by atoms with E-state index in [2.05, 4.69) is 40.1 Å². The number of ether oxygens (including phenoxy) is 1. The average molecular weight is 243 g/mol. The number of para-hydroxylation sites is 2. The van der Waals surface area contributed by atoms with Gasteiger partial charge in [-0.05, 0) is 31.4 Å². The van der Waals surface area contributed by atoms with Gasteiger partial charge in [0.15, 0.2) is 0 Å². The van der Waals surface area contributed by atoms with Gasteiger partial charge in [-0.1, -0.05) is 12.1 Å². The molecular weight excluding hydrogens is 226 g/mol. The highest BCUT2D eigenvalue weighted by Crippen LogP contribution is 2.36. The van der Waals surface area contributed by atoms with Crippen molar-refractivity contribution in [1.82, 2.24) is 9.55 Å². The molecule has 1 aromatic carbocycles. The zero-order chi connectivity index (χ0) is 12.1. The number of hydrogen-bond donors (Lipinski definition) is 1. The monoisotopic (exact) mass is 243 g/mol. The normalized spacial score (nSPS) is 30.2. The second-order valence-electron chi connectivity index (χ2n) is 5.34. The average Bonchev–Trinajstić information content (AvgIpc) is 3.06. The van der Waals surface area contributed by atoms with Crippen LogP contribution in [0, 0.1) is 0 Å². The zero-order valence-electron chi connectivity index (χ0n) is 10.5. The van der Waals surface area contributed by atoms with Gasteiger partial charge in [-0.15, -0.1) is 0 Å². The highest BCUT2D eigenvalue weighted by atomic mass is 16.5. The summed E-state index contributed by atoms with van der Waals surface area (Å²) in [4.78, 5) is 4.66. The van der Waals surface area contributed by atoms with Crippen LogP contribution in [0.5, 0.6) is 0 Å². The lowest BCUT2D eigenvalue weighted by Gasteiger charge is -2.20. The highest BCUT2D eigenvalue weighted by Gasteiger charge is 2.41. The fourth-order valence-corrected chi connectivity index (χ4v) is 3.23. The summed E-state index contributed by atoms with van der Waals surface area (Å²) in [7, 11) is 2.06. The van der Waals surface area contributed by atoms with Gasteiger partial charge >= 0.3 is 0 Å². The minimum absolute atomic E-state index is 0.384. The summed E-state index contributed by atoms with van der Waals surface area (Å²) in [5, 5.41) is 3.56. The molecule has 2 aromatic rings. The summed E-state index contributed by atoms with van der Waals surface area (Å²) in [6, 6.07) is 8.66. The van der Waals surface area contributed by atoms with E-state index in [-0.39, 0.29) is 0 Å². The summed E-state index contributed by atoms with van der Waals surface area (Å²) >= 11 is 0. The molecule has 3 heterocycles. The quantitative estimate of drug-likeness (QED) is 0.879. The van der Waals surface area contributed by atoms with Crippen LogP contribution in [0.1, 0.15) is 19.3 Å². The van der Waals surface area contributed by atoms with Gasteiger partial charge in [-0.3, -0.25) is 0 Å². The van der Waals surface area contributed by atoms with Crippen LogP contribution >= 0.6 is 0 Å². The van der Waals surface area contributed by atoms with Crippen LogP contribution < -0.4 is 5.32 Å².